The van der Waals surface area contributed by atoms with E-state index in [0.717, 1.165) is 23.9 Å². The molecule has 11 heteroatoms. The van der Waals surface area contributed by atoms with E-state index in [4.69, 9.17) is 5.11 Å². The van der Waals surface area contributed by atoms with Crippen LogP contribution in [-0.2, 0) is 11.0 Å². The van der Waals surface area contributed by atoms with Gasteiger partial charge in [0.05, 0.1) is 22.1 Å². The monoisotopic (exact) mass is 492 g/mol. The Morgan fingerprint density at radius 1 is 1.15 bits per heavy atom. The molecule has 0 spiro atoms. The van der Waals surface area contributed by atoms with Crippen LogP contribution in [0.1, 0.15) is 47.9 Å². The summed E-state index contributed by atoms with van der Waals surface area (Å²) in [7, 11) is 0. The Bertz CT molecular complexity index is 1180. The third-order valence-corrected chi connectivity index (χ3v) is 7.00. The number of aliphatic hydroxyl groups excluding tert-OH is 1. The zero-order valence-corrected chi connectivity index (χ0v) is 19.0. The summed E-state index contributed by atoms with van der Waals surface area (Å²) in [6.45, 7) is 1.84. The highest BCUT2D eigenvalue weighted by Gasteiger charge is 2.32. The minimum Gasteiger partial charge on any atom is -0.481 e. The van der Waals surface area contributed by atoms with Crippen molar-refractivity contribution in [2.45, 2.75) is 44.9 Å². The molecule has 34 heavy (non-hydrogen) atoms. The molecule has 3 N–H and O–H groups in total. The molecular weight excluding hydrogens is 469 g/mol. The number of halogens is 3. The van der Waals surface area contributed by atoms with Crippen LogP contribution < -0.4 is 5.32 Å². The van der Waals surface area contributed by atoms with Crippen LogP contribution in [0.2, 0.25) is 0 Å². The van der Waals surface area contributed by atoms with E-state index in [-0.39, 0.29) is 17.7 Å². The van der Waals surface area contributed by atoms with Crippen molar-refractivity contribution in [3.63, 3.8) is 0 Å². The fraction of sp³-hybridized carbons (Fsp3) is 0.391. The van der Waals surface area contributed by atoms with Crippen LogP contribution in [0.5, 0.6) is 0 Å². The molecule has 0 amide bonds. The van der Waals surface area contributed by atoms with Gasteiger partial charge in [0.15, 0.2) is 0 Å². The zero-order chi connectivity index (χ0) is 24.5. The van der Waals surface area contributed by atoms with E-state index in [1.165, 1.54) is 11.3 Å². The van der Waals surface area contributed by atoms with Gasteiger partial charge in [0.2, 0.25) is 0 Å². The summed E-state index contributed by atoms with van der Waals surface area (Å²) in [6, 6.07) is 5.35. The maximum Gasteiger partial charge on any atom is 0.416 e. The standard InChI is InChI=1S/C23H23F3N4O3S/c1-12-8-16(29-19(9-12)30-18-10-15(6-7-27-18)23(24,25)26)17-11-28-21(34-17)20(31)13-2-4-14(5-3-13)22(32)33/h6-11,13-14,20,31H,2-5H2,1H3,(H,32,33)(H,27,29,30)/t13-,14-,20?. The van der Waals surface area contributed by atoms with Gasteiger partial charge in [-0.2, -0.15) is 13.2 Å². The number of hydrogen-bond acceptors (Lipinski definition) is 7. The Morgan fingerprint density at radius 3 is 2.56 bits per heavy atom. The molecule has 3 aromatic rings. The van der Waals surface area contributed by atoms with E-state index >= 15 is 0 Å². The van der Waals surface area contributed by atoms with Crippen molar-refractivity contribution in [2.75, 3.05) is 5.32 Å². The first-order chi connectivity index (χ1) is 16.1. The number of carbonyl (C=O) groups is 1. The van der Waals surface area contributed by atoms with Crippen molar-refractivity contribution in [3.8, 4) is 10.6 Å². The van der Waals surface area contributed by atoms with Crippen LogP contribution in [0.4, 0.5) is 24.8 Å². The van der Waals surface area contributed by atoms with Gasteiger partial charge in [-0.3, -0.25) is 4.79 Å². The lowest BCUT2D eigenvalue weighted by molar-refractivity contribution is -0.143. The predicted molar refractivity (Wildman–Crippen MR) is 121 cm³/mol. The van der Waals surface area contributed by atoms with E-state index < -0.39 is 23.8 Å². The van der Waals surface area contributed by atoms with E-state index in [2.05, 4.69) is 20.3 Å². The van der Waals surface area contributed by atoms with Gasteiger partial charge in [0.25, 0.3) is 0 Å². The minimum atomic E-state index is -4.47. The van der Waals surface area contributed by atoms with Crippen molar-refractivity contribution in [1.29, 1.82) is 0 Å². The lowest BCUT2D eigenvalue weighted by Crippen LogP contribution is -2.24. The first kappa shape index (κ1) is 24.1. The van der Waals surface area contributed by atoms with Gasteiger partial charge < -0.3 is 15.5 Å². The molecule has 0 aromatic carbocycles. The maximum atomic E-state index is 13.0. The largest absolute Gasteiger partial charge is 0.481 e. The molecule has 4 rings (SSSR count). The minimum absolute atomic E-state index is 0.0243. The van der Waals surface area contributed by atoms with Gasteiger partial charge in [-0.15, -0.1) is 11.3 Å². The Kier molecular flexibility index (Phi) is 6.85. The van der Waals surface area contributed by atoms with Gasteiger partial charge in [0, 0.05) is 12.4 Å². The molecule has 7 nitrogen and oxygen atoms in total. The maximum absolute atomic E-state index is 13.0. The Hall–Kier alpha value is -3.05. The summed E-state index contributed by atoms with van der Waals surface area (Å²) in [6.07, 6.45) is -0.257. The van der Waals surface area contributed by atoms with Crippen LogP contribution in [0.25, 0.3) is 10.6 Å². The molecule has 1 aliphatic carbocycles. The van der Waals surface area contributed by atoms with Gasteiger partial charge in [-0.05, 0) is 68.4 Å². The molecule has 180 valence electrons. The molecule has 0 aliphatic heterocycles. The van der Waals surface area contributed by atoms with Crippen LogP contribution in [-0.4, -0.2) is 31.1 Å². The van der Waals surface area contributed by atoms with Crippen LogP contribution in [0.15, 0.2) is 36.7 Å². The molecular formula is C23H23F3N4O3S. The second-order valence-corrected chi connectivity index (χ2v) is 9.49. The number of aliphatic hydroxyl groups is 1. The van der Waals surface area contributed by atoms with Crippen molar-refractivity contribution in [2.24, 2.45) is 11.8 Å². The molecule has 0 saturated heterocycles. The number of carboxylic acid groups (broad SMARTS) is 1. The normalized spacial score (nSPS) is 19.6. The number of aryl methyl sites for hydroxylation is 1. The lowest BCUT2D eigenvalue weighted by Gasteiger charge is -2.28. The fourth-order valence-corrected chi connectivity index (χ4v) is 5.05. The van der Waals surface area contributed by atoms with Crippen LogP contribution >= 0.6 is 11.3 Å². The molecule has 3 aromatic heterocycles. The molecule has 1 saturated carbocycles. The first-order valence-corrected chi connectivity index (χ1v) is 11.6. The first-order valence-electron chi connectivity index (χ1n) is 10.8. The Morgan fingerprint density at radius 2 is 1.88 bits per heavy atom. The number of pyridine rings is 2. The van der Waals surface area contributed by atoms with Crippen molar-refractivity contribution >= 4 is 28.9 Å². The van der Waals surface area contributed by atoms with Crippen LogP contribution in [0, 0.1) is 18.8 Å². The third kappa shape index (κ3) is 5.53. The number of anilines is 2. The fourth-order valence-electron chi connectivity index (χ4n) is 4.09. The smallest absolute Gasteiger partial charge is 0.416 e. The summed E-state index contributed by atoms with van der Waals surface area (Å²) in [5, 5.41) is 23.3. The number of aliphatic carboxylic acids is 1. The highest BCUT2D eigenvalue weighted by molar-refractivity contribution is 7.15. The van der Waals surface area contributed by atoms with E-state index in [1.807, 2.05) is 13.0 Å². The van der Waals surface area contributed by atoms with E-state index in [9.17, 15) is 23.1 Å². The van der Waals surface area contributed by atoms with Gasteiger partial charge in [0.1, 0.15) is 22.7 Å². The molecule has 1 aliphatic rings. The topological polar surface area (TPSA) is 108 Å². The summed E-state index contributed by atoms with van der Waals surface area (Å²) in [5.74, 6) is -0.839. The summed E-state index contributed by atoms with van der Waals surface area (Å²) in [4.78, 5) is 24.7. The van der Waals surface area contributed by atoms with Crippen molar-refractivity contribution in [3.05, 3.63) is 52.8 Å². The summed E-state index contributed by atoms with van der Waals surface area (Å²) < 4.78 is 39.0. The van der Waals surface area contributed by atoms with Gasteiger partial charge >= 0.3 is 12.1 Å². The Balaban J connectivity index is 1.50. The third-order valence-electron chi connectivity index (χ3n) is 5.91. The summed E-state index contributed by atoms with van der Waals surface area (Å²) in [5.41, 5.74) is 0.596. The number of alkyl halides is 3. The van der Waals surface area contributed by atoms with Crippen molar-refractivity contribution in [1.82, 2.24) is 15.0 Å². The van der Waals surface area contributed by atoms with Crippen molar-refractivity contribution < 1.29 is 28.2 Å². The number of aromatic nitrogens is 3. The quantitative estimate of drug-likeness (QED) is 0.411. The number of thiazole rings is 1. The second-order valence-electron chi connectivity index (χ2n) is 8.43. The van der Waals surface area contributed by atoms with E-state index in [0.29, 0.717) is 47.1 Å². The second kappa shape index (κ2) is 9.67. The average molecular weight is 493 g/mol. The molecule has 0 radical (unpaired) electrons. The summed E-state index contributed by atoms with van der Waals surface area (Å²) >= 11 is 1.29. The van der Waals surface area contributed by atoms with Crippen LogP contribution in [0.3, 0.4) is 0 Å². The predicted octanol–water partition coefficient (Wildman–Crippen LogP) is 5.60. The highest BCUT2D eigenvalue weighted by Crippen LogP contribution is 2.39. The van der Waals surface area contributed by atoms with Gasteiger partial charge in [-0.25, -0.2) is 15.0 Å². The SMILES string of the molecule is Cc1cc(Nc2cc(C(F)(F)F)ccn2)nc(-c2cnc(C(O)[C@H]3CC[C@H](C(=O)O)CC3)s2)c1. The number of rotatable bonds is 6. The van der Waals surface area contributed by atoms with E-state index in [1.54, 1.807) is 12.3 Å². The molecule has 0 bridgehead atoms. The lowest BCUT2D eigenvalue weighted by atomic mass is 9.79. The van der Waals surface area contributed by atoms with Gasteiger partial charge in [-0.1, -0.05) is 0 Å². The molecule has 1 fully saturated rings. The molecule has 3 heterocycles. The number of nitrogens with zero attached hydrogens (tertiary/aromatic N) is 3. The number of hydrogen-bond donors (Lipinski definition) is 3. The highest BCUT2D eigenvalue weighted by atomic mass is 32.1. The zero-order valence-electron chi connectivity index (χ0n) is 18.2. The molecule has 1 unspecified atom stereocenters. The molecule has 1 atom stereocenters. The number of carboxylic acids is 1. The average Bonchev–Trinajstić information content (AvgIpc) is 3.28. The number of nitrogens with one attached hydrogen (secondary N) is 1. The Labute approximate surface area is 197 Å².